The SMILES string of the molecule is CN(C)c1ccc2c(c1)[C@@H]1C[C@@H](CC(=O)NCc3ccccc3F)O[C@@H](CO)[C@@H]1O2. The van der Waals surface area contributed by atoms with Gasteiger partial charge in [0.15, 0.2) is 0 Å². The molecule has 30 heavy (non-hydrogen) atoms. The third-order valence-electron chi connectivity index (χ3n) is 5.85. The van der Waals surface area contributed by atoms with Gasteiger partial charge in [-0.3, -0.25) is 4.79 Å². The van der Waals surface area contributed by atoms with E-state index in [0.29, 0.717) is 12.0 Å². The summed E-state index contributed by atoms with van der Waals surface area (Å²) in [6.07, 6.45) is -0.334. The zero-order valence-electron chi connectivity index (χ0n) is 17.2. The Morgan fingerprint density at radius 2 is 2.07 bits per heavy atom. The highest BCUT2D eigenvalue weighted by Gasteiger charge is 2.46. The van der Waals surface area contributed by atoms with E-state index in [1.807, 2.05) is 31.1 Å². The molecule has 0 bridgehead atoms. The number of carbonyl (C=O) groups is 1. The Morgan fingerprint density at radius 3 is 2.80 bits per heavy atom. The normalized spacial score (nSPS) is 24.5. The number of halogens is 1. The molecule has 7 heteroatoms. The van der Waals surface area contributed by atoms with Crippen molar-refractivity contribution in [3.63, 3.8) is 0 Å². The fraction of sp³-hybridized carbons (Fsp3) is 0.435. The fourth-order valence-electron chi connectivity index (χ4n) is 4.27. The summed E-state index contributed by atoms with van der Waals surface area (Å²) < 4.78 is 25.8. The number of ether oxygens (including phenoxy) is 2. The molecule has 1 fully saturated rings. The second-order valence-electron chi connectivity index (χ2n) is 8.09. The van der Waals surface area contributed by atoms with E-state index in [0.717, 1.165) is 17.0 Å². The van der Waals surface area contributed by atoms with E-state index in [9.17, 15) is 14.3 Å². The van der Waals surface area contributed by atoms with Crippen LogP contribution in [0.4, 0.5) is 10.1 Å². The molecule has 0 saturated carbocycles. The van der Waals surface area contributed by atoms with E-state index in [2.05, 4.69) is 11.4 Å². The number of aliphatic hydroxyl groups is 1. The molecule has 6 nitrogen and oxygen atoms in total. The van der Waals surface area contributed by atoms with Crippen molar-refractivity contribution < 1.29 is 23.8 Å². The van der Waals surface area contributed by atoms with Crippen molar-refractivity contribution in [1.82, 2.24) is 5.32 Å². The number of anilines is 1. The molecule has 1 amide bonds. The lowest BCUT2D eigenvalue weighted by molar-refractivity contribution is -0.142. The van der Waals surface area contributed by atoms with E-state index in [1.165, 1.54) is 6.07 Å². The Morgan fingerprint density at radius 1 is 1.27 bits per heavy atom. The monoisotopic (exact) mass is 414 g/mol. The maximum atomic E-state index is 13.8. The van der Waals surface area contributed by atoms with Gasteiger partial charge in [0.05, 0.1) is 19.1 Å². The van der Waals surface area contributed by atoms with Gasteiger partial charge < -0.3 is 24.8 Å². The van der Waals surface area contributed by atoms with Gasteiger partial charge in [0.1, 0.15) is 23.8 Å². The van der Waals surface area contributed by atoms with Crippen molar-refractivity contribution in [3.05, 3.63) is 59.4 Å². The second kappa shape index (κ2) is 8.62. The van der Waals surface area contributed by atoms with Crippen molar-refractivity contribution in [3.8, 4) is 5.75 Å². The minimum Gasteiger partial charge on any atom is -0.487 e. The Kier molecular flexibility index (Phi) is 5.92. The maximum absolute atomic E-state index is 13.8. The molecule has 2 N–H and O–H groups in total. The highest BCUT2D eigenvalue weighted by molar-refractivity contribution is 5.76. The molecule has 2 aliphatic heterocycles. The molecule has 1 saturated heterocycles. The van der Waals surface area contributed by atoms with Crippen molar-refractivity contribution in [1.29, 1.82) is 0 Å². The lowest BCUT2D eigenvalue weighted by Gasteiger charge is -2.37. The number of fused-ring (bicyclic) bond motifs is 3. The summed E-state index contributed by atoms with van der Waals surface area (Å²) in [5.74, 6) is 0.309. The molecule has 4 rings (SSSR count). The van der Waals surface area contributed by atoms with Crippen molar-refractivity contribution in [2.45, 2.75) is 43.6 Å². The van der Waals surface area contributed by atoms with Crippen molar-refractivity contribution in [2.75, 3.05) is 25.6 Å². The van der Waals surface area contributed by atoms with E-state index in [4.69, 9.17) is 9.47 Å². The van der Waals surface area contributed by atoms with Gasteiger partial charge in [-0.25, -0.2) is 4.39 Å². The molecule has 0 unspecified atom stereocenters. The van der Waals surface area contributed by atoms with E-state index < -0.39 is 6.10 Å². The van der Waals surface area contributed by atoms with Crippen LogP contribution in [0, 0.1) is 5.82 Å². The van der Waals surface area contributed by atoms with Crippen LogP contribution in [0.25, 0.3) is 0 Å². The summed E-state index contributed by atoms with van der Waals surface area (Å²) >= 11 is 0. The average Bonchev–Trinajstić information content (AvgIpc) is 3.10. The first kappa shape index (κ1) is 20.6. The predicted octanol–water partition coefficient (Wildman–Crippen LogP) is 2.59. The molecule has 0 radical (unpaired) electrons. The first-order valence-corrected chi connectivity index (χ1v) is 10.2. The molecule has 160 valence electrons. The zero-order valence-corrected chi connectivity index (χ0v) is 17.2. The highest BCUT2D eigenvalue weighted by Crippen LogP contribution is 2.47. The minimum atomic E-state index is -0.497. The van der Waals surface area contributed by atoms with Crippen LogP contribution < -0.4 is 15.0 Å². The molecule has 0 aromatic heterocycles. The summed E-state index contributed by atoms with van der Waals surface area (Å²) in [6, 6.07) is 12.4. The number of nitrogens with zero attached hydrogens (tertiary/aromatic N) is 1. The van der Waals surface area contributed by atoms with E-state index >= 15 is 0 Å². The third-order valence-corrected chi connectivity index (χ3v) is 5.85. The van der Waals surface area contributed by atoms with Crippen LogP contribution in [0.2, 0.25) is 0 Å². The molecule has 2 aromatic rings. The summed E-state index contributed by atoms with van der Waals surface area (Å²) in [6.45, 7) is -0.0467. The molecular formula is C23H27FN2O4. The lowest BCUT2D eigenvalue weighted by atomic mass is 9.84. The fourth-order valence-corrected chi connectivity index (χ4v) is 4.27. The van der Waals surface area contributed by atoms with Crippen LogP contribution in [0.1, 0.15) is 29.9 Å². The quantitative estimate of drug-likeness (QED) is 0.760. The summed E-state index contributed by atoms with van der Waals surface area (Å²) in [5.41, 5.74) is 2.60. The number of amides is 1. The van der Waals surface area contributed by atoms with Crippen LogP contribution in [-0.4, -0.2) is 50.0 Å². The number of nitrogens with one attached hydrogen (secondary N) is 1. The molecule has 2 aliphatic rings. The van der Waals surface area contributed by atoms with Gasteiger partial charge in [0.25, 0.3) is 0 Å². The number of hydrogen-bond acceptors (Lipinski definition) is 5. The standard InChI is InChI=1S/C23H27FN2O4/c1-26(2)15-7-8-20-17(9-15)18-10-16(29-21(13-27)23(18)30-20)11-22(28)25-12-14-5-3-4-6-19(14)24/h3-9,16,18,21,23,27H,10-13H2,1-2H3,(H,25,28)/t16-,18-,21-,23+/m0/s1. The first-order valence-electron chi connectivity index (χ1n) is 10.2. The Balaban J connectivity index is 1.43. The molecule has 0 spiro atoms. The first-order chi connectivity index (χ1) is 14.5. The number of hydrogen-bond donors (Lipinski definition) is 2. The van der Waals surface area contributed by atoms with E-state index in [1.54, 1.807) is 18.2 Å². The van der Waals surface area contributed by atoms with Gasteiger partial charge in [-0.05, 0) is 30.7 Å². The number of benzene rings is 2. The lowest BCUT2D eigenvalue weighted by Crippen LogP contribution is -2.47. The van der Waals surface area contributed by atoms with Crippen molar-refractivity contribution >= 4 is 11.6 Å². The van der Waals surface area contributed by atoms with E-state index in [-0.39, 0.29) is 49.4 Å². The molecular weight excluding hydrogens is 387 g/mol. The second-order valence-corrected chi connectivity index (χ2v) is 8.09. The number of carbonyl (C=O) groups excluding carboxylic acids is 1. The van der Waals surface area contributed by atoms with Crippen LogP contribution >= 0.6 is 0 Å². The average molecular weight is 414 g/mol. The minimum absolute atomic E-state index is 0.0511. The van der Waals surface area contributed by atoms with Crippen LogP contribution in [0.3, 0.4) is 0 Å². The molecule has 0 aliphatic carbocycles. The van der Waals surface area contributed by atoms with Gasteiger partial charge in [0, 0.05) is 43.4 Å². The molecule has 4 atom stereocenters. The maximum Gasteiger partial charge on any atom is 0.222 e. The summed E-state index contributed by atoms with van der Waals surface area (Å²) in [7, 11) is 3.97. The van der Waals surface area contributed by atoms with Crippen LogP contribution in [-0.2, 0) is 16.1 Å². The predicted molar refractivity (Wildman–Crippen MR) is 111 cm³/mol. The molecule has 2 heterocycles. The summed E-state index contributed by atoms with van der Waals surface area (Å²) in [4.78, 5) is 14.5. The Labute approximate surface area is 175 Å². The van der Waals surface area contributed by atoms with Gasteiger partial charge >= 0.3 is 0 Å². The smallest absolute Gasteiger partial charge is 0.222 e. The topological polar surface area (TPSA) is 71.0 Å². The summed E-state index contributed by atoms with van der Waals surface area (Å²) in [5, 5.41) is 12.6. The van der Waals surface area contributed by atoms with Gasteiger partial charge in [-0.15, -0.1) is 0 Å². The third kappa shape index (κ3) is 4.13. The van der Waals surface area contributed by atoms with Gasteiger partial charge in [-0.2, -0.15) is 0 Å². The Bertz CT molecular complexity index is 920. The number of aliphatic hydroxyl groups excluding tert-OH is 1. The Hall–Kier alpha value is -2.64. The van der Waals surface area contributed by atoms with Crippen LogP contribution in [0.5, 0.6) is 5.75 Å². The van der Waals surface area contributed by atoms with Gasteiger partial charge in [0.2, 0.25) is 5.91 Å². The van der Waals surface area contributed by atoms with Crippen molar-refractivity contribution in [2.24, 2.45) is 0 Å². The molecule has 2 aromatic carbocycles. The number of rotatable bonds is 6. The highest BCUT2D eigenvalue weighted by atomic mass is 19.1. The van der Waals surface area contributed by atoms with Crippen LogP contribution in [0.15, 0.2) is 42.5 Å². The van der Waals surface area contributed by atoms with Gasteiger partial charge in [-0.1, -0.05) is 18.2 Å². The largest absolute Gasteiger partial charge is 0.487 e. The zero-order chi connectivity index (χ0) is 21.3.